The Balaban J connectivity index is 2.26. The third-order valence-corrected chi connectivity index (χ3v) is 4.84. The number of primary amides is 1. The Hall–Kier alpha value is -0.530. The largest absolute Gasteiger partial charge is 0.370 e. The Morgan fingerprint density at radius 2 is 1.92 bits per heavy atom. The molecule has 0 atom stereocenters. The van der Waals surface area contributed by atoms with Crippen molar-refractivity contribution in [3.8, 4) is 0 Å². The van der Waals surface area contributed by atoms with Crippen molar-refractivity contribution in [3.63, 3.8) is 0 Å². The molecule has 2 nitrogen and oxygen atoms in total. The molecule has 0 heterocycles. The highest BCUT2D eigenvalue weighted by Crippen LogP contribution is 2.67. The van der Waals surface area contributed by atoms with Crippen LogP contribution in [0.25, 0.3) is 0 Å². The van der Waals surface area contributed by atoms with Crippen LogP contribution in [0.3, 0.4) is 0 Å². The highest BCUT2D eigenvalue weighted by atomic mass is 16.1. The number of carbonyl (C=O) groups is 1. The van der Waals surface area contributed by atoms with Gasteiger partial charge in [-0.3, -0.25) is 4.79 Å². The maximum absolute atomic E-state index is 11.0. The van der Waals surface area contributed by atoms with E-state index < -0.39 is 0 Å². The lowest BCUT2D eigenvalue weighted by Crippen LogP contribution is -2.34. The smallest absolute Gasteiger partial charge is 0.217 e. The molecular weight excluding hydrogens is 162 g/mol. The van der Waals surface area contributed by atoms with Crippen LogP contribution in [0.5, 0.6) is 0 Å². The van der Waals surface area contributed by atoms with Crippen LogP contribution in [0.1, 0.15) is 46.0 Å². The molecule has 74 valence electrons. The quantitative estimate of drug-likeness (QED) is 0.696. The molecule has 2 heteroatoms. The van der Waals surface area contributed by atoms with E-state index in [1.54, 1.807) is 0 Å². The van der Waals surface area contributed by atoms with E-state index in [0.717, 1.165) is 5.92 Å². The van der Waals surface area contributed by atoms with Gasteiger partial charge in [-0.05, 0) is 42.4 Å². The maximum atomic E-state index is 11.0. The summed E-state index contributed by atoms with van der Waals surface area (Å²) in [5, 5.41) is 0. The number of fused-ring (bicyclic) bond motifs is 2. The fourth-order valence-corrected chi connectivity index (χ4v) is 3.71. The van der Waals surface area contributed by atoms with E-state index in [4.69, 9.17) is 5.73 Å². The molecule has 0 aromatic heterocycles. The Bertz CT molecular complexity index is 236. The first-order valence-electron chi connectivity index (χ1n) is 5.26. The minimum Gasteiger partial charge on any atom is -0.370 e. The van der Waals surface area contributed by atoms with Crippen molar-refractivity contribution in [1.82, 2.24) is 0 Å². The van der Waals surface area contributed by atoms with Crippen LogP contribution >= 0.6 is 0 Å². The number of carbonyl (C=O) groups excluding carboxylic acids is 1. The lowest BCUT2D eigenvalue weighted by atomic mass is 9.67. The Labute approximate surface area is 79.9 Å². The molecule has 2 N–H and O–H groups in total. The molecule has 0 aromatic rings. The van der Waals surface area contributed by atoms with Crippen molar-refractivity contribution < 1.29 is 4.79 Å². The second-order valence-electron chi connectivity index (χ2n) is 5.42. The van der Waals surface area contributed by atoms with E-state index in [-0.39, 0.29) is 11.3 Å². The average Bonchev–Trinajstić information content (AvgIpc) is 2.36. The molecule has 0 unspecified atom stereocenters. The van der Waals surface area contributed by atoms with Gasteiger partial charge in [0.05, 0.1) is 0 Å². The molecule has 0 aliphatic heterocycles. The summed E-state index contributed by atoms with van der Waals surface area (Å²) in [7, 11) is 0. The lowest BCUT2D eigenvalue weighted by Gasteiger charge is -2.37. The Morgan fingerprint density at radius 1 is 1.38 bits per heavy atom. The third kappa shape index (κ3) is 1.04. The topological polar surface area (TPSA) is 43.1 Å². The average molecular weight is 181 g/mol. The number of hydrogen-bond acceptors (Lipinski definition) is 1. The molecular formula is C11H19NO. The summed E-state index contributed by atoms with van der Waals surface area (Å²) < 4.78 is 0. The number of nitrogens with two attached hydrogens (primary N) is 1. The van der Waals surface area contributed by atoms with Gasteiger partial charge in [-0.25, -0.2) is 0 Å². The van der Waals surface area contributed by atoms with Crippen LogP contribution in [0.2, 0.25) is 0 Å². The second kappa shape index (κ2) is 2.49. The SMILES string of the molecule is CC1(C)C2CCC1(CC(N)=O)CC2. The summed E-state index contributed by atoms with van der Waals surface area (Å²) in [5.41, 5.74) is 5.94. The zero-order chi connectivity index (χ0) is 9.69. The van der Waals surface area contributed by atoms with Gasteiger partial charge in [-0.1, -0.05) is 13.8 Å². The molecule has 0 spiro atoms. The van der Waals surface area contributed by atoms with Crippen molar-refractivity contribution in [1.29, 1.82) is 0 Å². The first-order chi connectivity index (χ1) is 5.98. The molecule has 0 aromatic carbocycles. The van der Waals surface area contributed by atoms with E-state index in [1.165, 1.54) is 25.7 Å². The van der Waals surface area contributed by atoms with Crippen LogP contribution in [0.4, 0.5) is 0 Å². The normalized spacial score (nSPS) is 40.9. The van der Waals surface area contributed by atoms with E-state index >= 15 is 0 Å². The van der Waals surface area contributed by atoms with Crippen molar-refractivity contribution >= 4 is 5.91 Å². The monoisotopic (exact) mass is 181 g/mol. The van der Waals surface area contributed by atoms with E-state index in [0.29, 0.717) is 11.8 Å². The zero-order valence-corrected chi connectivity index (χ0v) is 8.60. The van der Waals surface area contributed by atoms with Crippen LogP contribution < -0.4 is 5.73 Å². The molecule has 1 amide bonds. The van der Waals surface area contributed by atoms with Gasteiger partial charge >= 0.3 is 0 Å². The van der Waals surface area contributed by atoms with Crippen LogP contribution in [-0.4, -0.2) is 5.91 Å². The highest BCUT2D eigenvalue weighted by Gasteiger charge is 2.58. The van der Waals surface area contributed by atoms with E-state index in [1.807, 2.05) is 0 Å². The fourth-order valence-electron chi connectivity index (χ4n) is 3.71. The first-order valence-corrected chi connectivity index (χ1v) is 5.26. The minimum atomic E-state index is -0.115. The second-order valence-corrected chi connectivity index (χ2v) is 5.42. The molecule has 2 bridgehead atoms. The van der Waals surface area contributed by atoms with Gasteiger partial charge in [0.2, 0.25) is 5.91 Å². The predicted octanol–water partition coefficient (Wildman–Crippen LogP) is 2.08. The fraction of sp³-hybridized carbons (Fsp3) is 0.909. The summed E-state index contributed by atoms with van der Waals surface area (Å²) >= 11 is 0. The van der Waals surface area contributed by atoms with Gasteiger partial charge in [-0.15, -0.1) is 0 Å². The first kappa shape index (κ1) is 9.04. The Kier molecular flexibility index (Phi) is 1.73. The predicted molar refractivity (Wildman–Crippen MR) is 52.0 cm³/mol. The molecule has 13 heavy (non-hydrogen) atoms. The van der Waals surface area contributed by atoms with E-state index in [2.05, 4.69) is 13.8 Å². The zero-order valence-electron chi connectivity index (χ0n) is 8.60. The minimum absolute atomic E-state index is 0.115. The Morgan fingerprint density at radius 3 is 2.23 bits per heavy atom. The lowest BCUT2D eigenvalue weighted by molar-refractivity contribution is -0.121. The standard InChI is InChI=1S/C11H19NO/c1-10(2)8-3-5-11(10,6-4-8)7-9(12)13/h8H,3-7H2,1-2H3,(H2,12,13). The van der Waals surface area contributed by atoms with Crippen molar-refractivity contribution in [2.45, 2.75) is 46.0 Å². The van der Waals surface area contributed by atoms with Crippen molar-refractivity contribution in [2.24, 2.45) is 22.5 Å². The molecule has 2 fully saturated rings. The van der Waals surface area contributed by atoms with Crippen LogP contribution in [0.15, 0.2) is 0 Å². The van der Waals surface area contributed by atoms with Gasteiger partial charge in [-0.2, -0.15) is 0 Å². The number of amides is 1. The van der Waals surface area contributed by atoms with Gasteiger partial charge in [0.25, 0.3) is 0 Å². The van der Waals surface area contributed by atoms with Crippen LogP contribution in [-0.2, 0) is 4.79 Å². The summed E-state index contributed by atoms with van der Waals surface area (Å²) in [4.78, 5) is 11.0. The maximum Gasteiger partial charge on any atom is 0.217 e. The van der Waals surface area contributed by atoms with Crippen molar-refractivity contribution in [3.05, 3.63) is 0 Å². The van der Waals surface area contributed by atoms with Crippen molar-refractivity contribution in [2.75, 3.05) is 0 Å². The molecule has 2 rings (SSSR count). The van der Waals surface area contributed by atoms with Gasteiger partial charge in [0.15, 0.2) is 0 Å². The summed E-state index contributed by atoms with van der Waals surface area (Å²) in [6.07, 6.45) is 5.65. The highest BCUT2D eigenvalue weighted by molar-refractivity contribution is 5.74. The van der Waals surface area contributed by atoms with Gasteiger partial charge in [0, 0.05) is 6.42 Å². The number of rotatable bonds is 2. The molecule has 0 saturated heterocycles. The summed E-state index contributed by atoms with van der Waals surface area (Å²) in [5.74, 6) is 0.725. The molecule has 2 saturated carbocycles. The summed E-state index contributed by atoms with van der Waals surface area (Å²) in [6.45, 7) is 4.64. The van der Waals surface area contributed by atoms with Gasteiger partial charge < -0.3 is 5.73 Å². The van der Waals surface area contributed by atoms with E-state index in [9.17, 15) is 4.79 Å². The van der Waals surface area contributed by atoms with Gasteiger partial charge in [0.1, 0.15) is 0 Å². The molecule has 2 aliphatic carbocycles. The number of hydrogen-bond donors (Lipinski definition) is 1. The van der Waals surface area contributed by atoms with Crippen LogP contribution in [0, 0.1) is 16.7 Å². The molecule has 0 radical (unpaired) electrons. The third-order valence-electron chi connectivity index (χ3n) is 4.84. The summed E-state index contributed by atoms with van der Waals surface area (Å²) in [6, 6.07) is 0. The molecule has 2 aliphatic rings.